The number of aryl methyl sites for hydroxylation is 1. The summed E-state index contributed by atoms with van der Waals surface area (Å²) in [7, 11) is 0. The van der Waals surface area contributed by atoms with Gasteiger partial charge in [0.1, 0.15) is 16.9 Å². The third-order valence-corrected chi connectivity index (χ3v) is 5.77. The molecule has 9 nitrogen and oxygen atoms in total. The van der Waals surface area contributed by atoms with Crippen LogP contribution in [-0.4, -0.2) is 50.9 Å². The van der Waals surface area contributed by atoms with E-state index >= 15 is 0 Å². The Morgan fingerprint density at radius 2 is 2.11 bits per heavy atom. The number of carbonyl (C=O) groups is 2. The summed E-state index contributed by atoms with van der Waals surface area (Å²) in [6, 6.07) is 6.65. The normalized spacial score (nSPS) is 12.2. The van der Waals surface area contributed by atoms with Gasteiger partial charge in [0.15, 0.2) is 5.49 Å². The molecule has 0 aliphatic carbocycles. The smallest absolute Gasteiger partial charge is 0.341 e. The van der Waals surface area contributed by atoms with Gasteiger partial charge in [0.25, 0.3) is 11.5 Å². The molecule has 0 saturated carbocycles. The molecule has 0 radical (unpaired) electrons. The lowest BCUT2D eigenvalue weighted by molar-refractivity contribution is -0.115. The molecule has 3 aromatic rings. The largest absolute Gasteiger partial charge is 0.462 e. The van der Waals surface area contributed by atoms with Crippen LogP contribution >= 0.6 is 11.8 Å². The molecule has 0 atom stereocenters. The summed E-state index contributed by atoms with van der Waals surface area (Å²) in [5.41, 5.74) is 0.569. The van der Waals surface area contributed by atoms with Gasteiger partial charge in [-0.3, -0.25) is 14.0 Å². The number of esters is 1. The lowest BCUT2D eigenvalue weighted by Crippen LogP contribution is -2.33. The van der Waals surface area contributed by atoms with Crippen molar-refractivity contribution in [1.82, 2.24) is 14.0 Å². The Balaban J connectivity index is 2.28. The molecule has 1 amide bonds. The van der Waals surface area contributed by atoms with Gasteiger partial charge in [-0.05, 0) is 50.8 Å². The van der Waals surface area contributed by atoms with Crippen LogP contribution in [0.15, 0.2) is 64.4 Å². The molecule has 3 aromatic heterocycles. The third kappa shape index (κ3) is 6.58. The van der Waals surface area contributed by atoms with Crippen LogP contribution in [0, 0.1) is 0 Å². The summed E-state index contributed by atoms with van der Waals surface area (Å²) in [5.74, 6) is -1.05. The predicted molar refractivity (Wildman–Crippen MR) is 141 cm³/mol. The summed E-state index contributed by atoms with van der Waals surface area (Å²) in [4.78, 5) is 48.0. The molecule has 10 heteroatoms. The SMILES string of the molecule is C=C/C=C\SCC(=O)N=c1c(C(=O)OCC)cc2c(=O)n3ccccc3nc2n1CCCOC(C)C. The van der Waals surface area contributed by atoms with E-state index in [0.29, 0.717) is 30.9 Å². The van der Waals surface area contributed by atoms with Crippen LogP contribution < -0.4 is 11.0 Å². The van der Waals surface area contributed by atoms with Crippen LogP contribution in [0.5, 0.6) is 0 Å². The summed E-state index contributed by atoms with van der Waals surface area (Å²) < 4.78 is 14.0. The quantitative estimate of drug-likeness (QED) is 0.168. The highest BCUT2D eigenvalue weighted by molar-refractivity contribution is 8.02. The van der Waals surface area contributed by atoms with Gasteiger partial charge < -0.3 is 14.0 Å². The first-order valence-electron chi connectivity index (χ1n) is 11.7. The fraction of sp³-hybridized carbons (Fsp3) is 0.346. The van der Waals surface area contributed by atoms with Gasteiger partial charge in [-0.2, -0.15) is 4.99 Å². The number of ether oxygens (including phenoxy) is 2. The van der Waals surface area contributed by atoms with E-state index in [9.17, 15) is 14.4 Å². The van der Waals surface area contributed by atoms with Gasteiger partial charge in [-0.1, -0.05) is 24.8 Å². The Kier molecular flexibility index (Phi) is 9.77. The topological polar surface area (TPSA) is 104 Å². The predicted octanol–water partition coefficient (Wildman–Crippen LogP) is 3.50. The second-order valence-electron chi connectivity index (χ2n) is 7.99. The molecular weight excluding hydrogens is 480 g/mol. The van der Waals surface area contributed by atoms with Crippen LogP contribution in [-0.2, 0) is 20.8 Å². The molecule has 0 aliphatic heterocycles. The molecule has 0 aromatic carbocycles. The number of carbonyl (C=O) groups excluding carboxylic acids is 2. The van der Waals surface area contributed by atoms with Crippen LogP contribution in [0.2, 0.25) is 0 Å². The van der Waals surface area contributed by atoms with E-state index in [2.05, 4.69) is 16.6 Å². The zero-order valence-corrected chi connectivity index (χ0v) is 21.5. The van der Waals surface area contributed by atoms with E-state index in [1.165, 1.54) is 22.2 Å². The van der Waals surface area contributed by atoms with E-state index in [1.807, 2.05) is 13.8 Å². The number of allylic oxidation sites excluding steroid dienone is 2. The maximum Gasteiger partial charge on any atom is 0.341 e. The summed E-state index contributed by atoms with van der Waals surface area (Å²) in [6.45, 7) is 10.1. The molecule has 3 rings (SSSR count). The number of thioether (sulfide) groups is 1. The van der Waals surface area contributed by atoms with E-state index in [-0.39, 0.29) is 40.5 Å². The molecule has 0 unspecified atom stereocenters. The highest BCUT2D eigenvalue weighted by Gasteiger charge is 2.20. The number of rotatable bonds is 11. The standard InChI is InChI=1S/C26H30N4O5S/c1-5-7-15-36-17-22(31)28-24-20(26(33)34-6-2)16-19-23(30(24)13-10-14-35-18(3)4)27-21-11-8-9-12-29(21)25(19)32/h5,7-9,11-12,15-16,18H,1,6,10,13-14,17H2,2-4H3/b15-7-,28-24?. The Morgan fingerprint density at radius 1 is 1.31 bits per heavy atom. The molecule has 190 valence electrons. The average Bonchev–Trinajstić information content (AvgIpc) is 2.85. The molecule has 0 saturated heterocycles. The van der Waals surface area contributed by atoms with Crippen molar-refractivity contribution in [3.8, 4) is 0 Å². The van der Waals surface area contributed by atoms with E-state index in [0.717, 1.165) is 0 Å². The second kappa shape index (κ2) is 13.0. The Bertz CT molecular complexity index is 1420. The molecule has 0 aliphatic rings. The monoisotopic (exact) mass is 510 g/mol. The van der Waals surface area contributed by atoms with E-state index in [1.54, 1.807) is 53.4 Å². The number of fused-ring (bicyclic) bond motifs is 2. The zero-order chi connectivity index (χ0) is 26.1. The number of pyridine rings is 2. The van der Waals surface area contributed by atoms with Gasteiger partial charge in [-0.25, -0.2) is 9.78 Å². The fourth-order valence-electron chi connectivity index (χ4n) is 3.49. The second-order valence-corrected chi connectivity index (χ2v) is 8.88. The van der Waals surface area contributed by atoms with Gasteiger partial charge in [0.2, 0.25) is 0 Å². The van der Waals surface area contributed by atoms with E-state index in [4.69, 9.17) is 9.47 Å². The van der Waals surface area contributed by atoms with Crippen molar-refractivity contribution in [2.24, 2.45) is 4.99 Å². The summed E-state index contributed by atoms with van der Waals surface area (Å²) >= 11 is 1.26. The maximum atomic E-state index is 13.3. The number of hydrogen-bond donors (Lipinski definition) is 0. The molecular formula is C26H30N4O5S. The maximum absolute atomic E-state index is 13.3. The first-order valence-corrected chi connectivity index (χ1v) is 12.7. The first-order chi connectivity index (χ1) is 17.4. The van der Waals surface area contributed by atoms with Gasteiger partial charge in [0, 0.05) is 19.3 Å². The minimum absolute atomic E-state index is 0.0314. The first kappa shape index (κ1) is 27.1. The Hall–Kier alpha value is -3.50. The van der Waals surface area contributed by atoms with Crippen molar-refractivity contribution in [1.29, 1.82) is 0 Å². The molecule has 3 heterocycles. The van der Waals surface area contributed by atoms with Crippen LogP contribution in [0.4, 0.5) is 0 Å². The zero-order valence-electron chi connectivity index (χ0n) is 20.7. The van der Waals surface area contributed by atoms with Crippen LogP contribution in [0.3, 0.4) is 0 Å². The molecule has 0 fully saturated rings. The number of amides is 1. The molecule has 0 N–H and O–H groups in total. The van der Waals surface area contributed by atoms with Crippen molar-refractivity contribution in [3.05, 3.63) is 76.0 Å². The minimum atomic E-state index is -0.671. The van der Waals surface area contributed by atoms with Crippen LogP contribution in [0.25, 0.3) is 16.7 Å². The number of aromatic nitrogens is 3. The summed E-state index contributed by atoms with van der Waals surface area (Å²) in [6.07, 6.45) is 5.54. The van der Waals surface area contributed by atoms with Crippen molar-refractivity contribution in [2.75, 3.05) is 19.0 Å². The lowest BCUT2D eigenvalue weighted by atomic mass is 10.2. The lowest BCUT2D eigenvalue weighted by Gasteiger charge is -2.15. The van der Waals surface area contributed by atoms with Crippen molar-refractivity contribution in [2.45, 2.75) is 39.8 Å². The third-order valence-electron chi connectivity index (χ3n) is 5.01. The van der Waals surface area contributed by atoms with Crippen molar-refractivity contribution >= 4 is 40.3 Å². The van der Waals surface area contributed by atoms with Gasteiger partial charge >= 0.3 is 5.97 Å². The Morgan fingerprint density at radius 3 is 2.83 bits per heavy atom. The number of nitrogens with zero attached hydrogens (tertiary/aromatic N) is 4. The highest BCUT2D eigenvalue weighted by atomic mass is 32.2. The van der Waals surface area contributed by atoms with E-state index < -0.39 is 11.9 Å². The highest BCUT2D eigenvalue weighted by Crippen LogP contribution is 2.13. The minimum Gasteiger partial charge on any atom is -0.462 e. The van der Waals surface area contributed by atoms with Gasteiger partial charge in [-0.15, -0.1) is 11.8 Å². The van der Waals surface area contributed by atoms with Crippen molar-refractivity contribution < 1.29 is 19.1 Å². The fourth-order valence-corrected chi connectivity index (χ4v) is 4.02. The number of hydrogen-bond acceptors (Lipinski definition) is 7. The van der Waals surface area contributed by atoms with Crippen molar-refractivity contribution in [3.63, 3.8) is 0 Å². The average molecular weight is 511 g/mol. The molecule has 0 spiro atoms. The Labute approximate surface area is 213 Å². The van der Waals surface area contributed by atoms with Gasteiger partial charge in [0.05, 0.1) is 23.8 Å². The summed E-state index contributed by atoms with van der Waals surface area (Å²) in [5, 5.41) is 1.96. The molecule has 36 heavy (non-hydrogen) atoms. The van der Waals surface area contributed by atoms with Crippen LogP contribution in [0.1, 0.15) is 37.6 Å². The molecule has 0 bridgehead atoms.